The van der Waals surface area contributed by atoms with Gasteiger partial charge in [0.15, 0.2) is 0 Å². The molecule has 22 heavy (non-hydrogen) atoms. The van der Waals surface area contributed by atoms with Crippen LogP contribution in [0.2, 0.25) is 0 Å². The average Bonchev–Trinajstić information content (AvgIpc) is 2.81. The Morgan fingerprint density at radius 2 is 2.00 bits per heavy atom. The summed E-state index contributed by atoms with van der Waals surface area (Å²) in [6, 6.07) is 0. The lowest BCUT2D eigenvalue weighted by Crippen LogP contribution is -2.38. The topological polar surface area (TPSA) is 64.6 Å². The van der Waals surface area contributed by atoms with Crippen LogP contribution in [0.25, 0.3) is 0 Å². The SMILES string of the molecule is Cc1nc(Br)cnc1OC1C2CN(C(=O)OC(C)(C)C)CC21. The minimum atomic E-state index is -0.454. The molecule has 2 heterocycles. The van der Waals surface area contributed by atoms with Crippen molar-refractivity contribution in [3.8, 4) is 5.88 Å². The smallest absolute Gasteiger partial charge is 0.410 e. The predicted molar refractivity (Wildman–Crippen MR) is 83.7 cm³/mol. The zero-order valence-electron chi connectivity index (χ0n) is 13.2. The Labute approximate surface area is 138 Å². The summed E-state index contributed by atoms with van der Waals surface area (Å²) in [5, 5.41) is 0. The van der Waals surface area contributed by atoms with Crippen LogP contribution in [0.15, 0.2) is 10.8 Å². The van der Waals surface area contributed by atoms with Crippen LogP contribution in [0, 0.1) is 18.8 Å². The Morgan fingerprint density at radius 3 is 2.55 bits per heavy atom. The van der Waals surface area contributed by atoms with Crippen molar-refractivity contribution in [2.45, 2.75) is 39.4 Å². The van der Waals surface area contributed by atoms with Gasteiger partial charge in [-0.1, -0.05) is 0 Å². The molecular formula is C15H20BrN3O3. The summed E-state index contributed by atoms with van der Waals surface area (Å²) in [5.41, 5.74) is 0.313. The fraction of sp³-hybridized carbons (Fsp3) is 0.667. The maximum absolute atomic E-state index is 12.0. The van der Waals surface area contributed by atoms with Crippen LogP contribution >= 0.6 is 15.9 Å². The second-order valence-electron chi connectivity index (χ2n) is 6.88. The van der Waals surface area contributed by atoms with Gasteiger partial charge in [0.25, 0.3) is 0 Å². The molecule has 1 aliphatic carbocycles. The molecule has 120 valence electrons. The Bertz CT molecular complexity index is 590. The van der Waals surface area contributed by atoms with E-state index in [0.29, 0.717) is 35.4 Å². The number of likely N-dealkylation sites (tertiary alicyclic amines) is 1. The Hall–Kier alpha value is -1.37. The second kappa shape index (κ2) is 5.37. The summed E-state index contributed by atoms with van der Waals surface area (Å²) in [6.45, 7) is 8.88. The molecule has 0 N–H and O–H groups in total. The molecule has 0 aromatic carbocycles. The molecule has 0 radical (unpaired) electrons. The van der Waals surface area contributed by atoms with Crippen molar-refractivity contribution in [2.24, 2.45) is 11.8 Å². The number of halogens is 1. The third-order valence-electron chi connectivity index (χ3n) is 3.89. The quantitative estimate of drug-likeness (QED) is 0.801. The molecule has 1 aliphatic heterocycles. The fourth-order valence-electron chi connectivity index (χ4n) is 2.81. The molecule has 0 bridgehead atoms. The summed E-state index contributed by atoms with van der Waals surface area (Å²) in [7, 11) is 0. The van der Waals surface area contributed by atoms with Gasteiger partial charge in [-0.3, -0.25) is 0 Å². The van der Waals surface area contributed by atoms with E-state index in [9.17, 15) is 4.79 Å². The first kappa shape index (κ1) is 15.5. The van der Waals surface area contributed by atoms with Crippen LogP contribution in [0.3, 0.4) is 0 Å². The largest absolute Gasteiger partial charge is 0.472 e. The highest BCUT2D eigenvalue weighted by Crippen LogP contribution is 2.48. The van der Waals surface area contributed by atoms with Gasteiger partial charge in [-0.15, -0.1) is 0 Å². The second-order valence-corrected chi connectivity index (χ2v) is 7.69. The monoisotopic (exact) mass is 369 g/mol. The van der Waals surface area contributed by atoms with Crippen LogP contribution in [0.4, 0.5) is 4.79 Å². The predicted octanol–water partition coefficient (Wildman–Crippen LogP) is 2.79. The van der Waals surface area contributed by atoms with Gasteiger partial charge < -0.3 is 14.4 Å². The molecule has 2 unspecified atom stereocenters. The van der Waals surface area contributed by atoms with E-state index in [1.807, 2.05) is 27.7 Å². The number of ether oxygens (including phenoxy) is 2. The van der Waals surface area contributed by atoms with Gasteiger partial charge in [-0.05, 0) is 43.6 Å². The highest BCUT2D eigenvalue weighted by Gasteiger charge is 2.59. The number of hydrogen-bond acceptors (Lipinski definition) is 5. The van der Waals surface area contributed by atoms with E-state index in [1.165, 1.54) is 0 Å². The molecule has 2 fully saturated rings. The average molecular weight is 370 g/mol. The summed E-state index contributed by atoms with van der Waals surface area (Å²) in [5.74, 6) is 1.32. The van der Waals surface area contributed by atoms with Gasteiger partial charge in [0, 0.05) is 24.9 Å². The number of aromatic nitrogens is 2. The summed E-state index contributed by atoms with van der Waals surface area (Å²) in [6.07, 6.45) is 1.53. The first-order valence-corrected chi connectivity index (χ1v) is 8.17. The van der Waals surface area contributed by atoms with Crippen LogP contribution in [0.1, 0.15) is 26.5 Å². The standard InChI is InChI=1S/C15H20BrN3O3/c1-8-13(17-5-11(16)18-8)21-12-9-6-19(7-10(9)12)14(20)22-15(2,3)4/h5,9-10,12H,6-7H2,1-4H3. The molecule has 1 aromatic rings. The first-order valence-electron chi connectivity index (χ1n) is 7.38. The van der Waals surface area contributed by atoms with Crippen LogP contribution in [0.5, 0.6) is 5.88 Å². The Kier molecular flexibility index (Phi) is 3.79. The van der Waals surface area contributed by atoms with Gasteiger partial charge in [0.2, 0.25) is 5.88 Å². The van der Waals surface area contributed by atoms with E-state index in [0.717, 1.165) is 5.69 Å². The molecule has 2 aliphatic rings. The number of nitrogens with zero attached hydrogens (tertiary/aromatic N) is 3. The number of amides is 1. The molecule has 1 amide bonds. The van der Waals surface area contributed by atoms with Crippen molar-refractivity contribution in [1.29, 1.82) is 0 Å². The lowest BCUT2D eigenvalue weighted by molar-refractivity contribution is 0.0252. The minimum Gasteiger partial charge on any atom is -0.472 e. The van der Waals surface area contributed by atoms with Crippen molar-refractivity contribution in [1.82, 2.24) is 14.9 Å². The summed E-state index contributed by atoms with van der Waals surface area (Å²) >= 11 is 3.29. The van der Waals surface area contributed by atoms with Crippen LogP contribution < -0.4 is 4.74 Å². The summed E-state index contributed by atoms with van der Waals surface area (Å²) < 4.78 is 12.0. The Balaban J connectivity index is 1.54. The number of aryl methyl sites for hydroxylation is 1. The maximum Gasteiger partial charge on any atom is 0.410 e. The molecule has 1 aromatic heterocycles. The van der Waals surface area contributed by atoms with Crippen molar-refractivity contribution < 1.29 is 14.3 Å². The number of carbonyl (C=O) groups is 1. The van der Waals surface area contributed by atoms with E-state index >= 15 is 0 Å². The van der Waals surface area contributed by atoms with Crippen LogP contribution in [-0.4, -0.2) is 45.8 Å². The number of hydrogen-bond donors (Lipinski definition) is 0. The molecular weight excluding hydrogens is 350 g/mol. The van der Waals surface area contributed by atoms with E-state index in [4.69, 9.17) is 9.47 Å². The van der Waals surface area contributed by atoms with E-state index in [2.05, 4.69) is 25.9 Å². The highest BCUT2D eigenvalue weighted by atomic mass is 79.9. The molecule has 0 spiro atoms. The van der Waals surface area contributed by atoms with E-state index in [-0.39, 0.29) is 12.2 Å². The minimum absolute atomic E-state index is 0.132. The van der Waals surface area contributed by atoms with E-state index < -0.39 is 5.60 Å². The van der Waals surface area contributed by atoms with Gasteiger partial charge in [-0.2, -0.15) is 0 Å². The van der Waals surface area contributed by atoms with Crippen LogP contribution in [-0.2, 0) is 4.74 Å². The van der Waals surface area contributed by atoms with Crippen molar-refractivity contribution >= 4 is 22.0 Å². The van der Waals surface area contributed by atoms with Gasteiger partial charge in [0.05, 0.1) is 6.20 Å². The van der Waals surface area contributed by atoms with Crippen molar-refractivity contribution in [2.75, 3.05) is 13.1 Å². The zero-order valence-corrected chi connectivity index (χ0v) is 14.8. The third kappa shape index (κ3) is 3.19. The normalized spacial score (nSPS) is 26.6. The fourth-order valence-corrected chi connectivity index (χ4v) is 3.18. The molecule has 1 saturated carbocycles. The third-order valence-corrected chi connectivity index (χ3v) is 4.27. The molecule has 1 saturated heterocycles. The lowest BCUT2D eigenvalue weighted by atomic mass is 10.2. The maximum atomic E-state index is 12.0. The van der Waals surface area contributed by atoms with E-state index in [1.54, 1.807) is 11.1 Å². The molecule has 7 heteroatoms. The highest BCUT2D eigenvalue weighted by molar-refractivity contribution is 9.10. The molecule has 2 atom stereocenters. The molecule has 3 rings (SSSR count). The number of fused-ring (bicyclic) bond motifs is 1. The van der Waals surface area contributed by atoms with Crippen molar-refractivity contribution in [3.63, 3.8) is 0 Å². The van der Waals surface area contributed by atoms with Crippen molar-refractivity contribution in [3.05, 3.63) is 16.5 Å². The first-order chi connectivity index (χ1) is 10.2. The Morgan fingerprint density at radius 1 is 1.36 bits per heavy atom. The number of carbonyl (C=O) groups excluding carboxylic acids is 1. The molecule has 6 nitrogen and oxygen atoms in total. The van der Waals surface area contributed by atoms with Gasteiger partial charge in [0.1, 0.15) is 22.0 Å². The summed E-state index contributed by atoms with van der Waals surface area (Å²) in [4.78, 5) is 22.3. The van der Waals surface area contributed by atoms with Gasteiger partial charge >= 0.3 is 6.09 Å². The van der Waals surface area contributed by atoms with Gasteiger partial charge in [-0.25, -0.2) is 14.8 Å². The number of piperidine rings is 1. The lowest BCUT2D eigenvalue weighted by Gasteiger charge is -2.26. The zero-order chi connectivity index (χ0) is 16.1. The number of rotatable bonds is 2.